The molecule has 4 aromatic rings. The number of H-pyrrole nitrogens is 1. The molecule has 172 valence electrons. The zero-order valence-corrected chi connectivity index (χ0v) is 17.9. The van der Waals surface area contributed by atoms with Gasteiger partial charge in [0.1, 0.15) is 23.1 Å². The number of nitrogens with zero attached hydrogens (tertiary/aromatic N) is 6. The Kier molecular flexibility index (Phi) is 5.16. The first kappa shape index (κ1) is 21.8. The Balaban J connectivity index is 1.57. The fraction of sp³-hybridized carbons (Fsp3) is 0.304. The molecule has 1 saturated carbocycles. The van der Waals surface area contributed by atoms with E-state index in [-0.39, 0.29) is 28.6 Å². The molecule has 1 unspecified atom stereocenters. The molecule has 1 aliphatic carbocycles. The number of nitriles is 1. The smallest absolute Gasteiger partial charge is 0.310 e. The van der Waals surface area contributed by atoms with E-state index in [1.165, 1.54) is 16.8 Å². The summed E-state index contributed by atoms with van der Waals surface area (Å²) in [7, 11) is 0. The van der Waals surface area contributed by atoms with Crippen LogP contribution in [-0.2, 0) is 6.18 Å². The van der Waals surface area contributed by atoms with Crippen molar-refractivity contribution in [1.82, 2.24) is 29.7 Å². The summed E-state index contributed by atoms with van der Waals surface area (Å²) in [5, 5.41) is 13.8. The highest BCUT2D eigenvalue weighted by Crippen LogP contribution is 2.46. The molecule has 11 heteroatoms. The quantitative estimate of drug-likeness (QED) is 0.486. The number of hydrogen-bond acceptors (Lipinski definition) is 6. The van der Waals surface area contributed by atoms with Crippen LogP contribution in [0.15, 0.2) is 47.5 Å². The van der Waals surface area contributed by atoms with Gasteiger partial charge in [-0.15, -0.1) is 0 Å². The van der Waals surface area contributed by atoms with Crippen molar-refractivity contribution >= 4 is 11.0 Å². The Hall–Kier alpha value is -4.07. The van der Waals surface area contributed by atoms with E-state index in [9.17, 15) is 23.2 Å². The predicted molar refractivity (Wildman–Crippen MR) is 115 cm³/mol. The van der Waals surface area contributed by atoms with Crippen LogP contribution in [0.3, 0.4) is 0 Å². The molecule has 3 aromatic heterocycles. The third kappa shape index (κ3) is 3.61. The summed E-state index contributed by atoms with van der Waals surface area (Å²) in [6, 6.07) is 7.78. The van der Waals surface area contributed by atoms with E-state index in [0.29, 0.717) is 17.2 Å². The Bertz CT molecular complexity index is 1450. The number of fused-ring (bicyclic) bond motifs is 1. The summed E-state index contributed by atoms with van der Waals surface area (Å²) in [6.07, 6.45) is 0.514. The molecule has 0 radical (unpaired) electrons. The van der Waals surface area contributed by atoms with Gasteiger partial charge in [0.25, 0.3) is 5.56 Å². The topological polar surface area (TPSA) is 113 Å². The Labute approximate surface area is 191 Å². The monoisotopic (exact) mass is 465 g/mol. The molecule has 1 fully saturated rings. The fourth-order valence-electron chi connectivity index (χ4n) is 4.32. The van der Waals surface area contributed by atoms with Crippen molar-refractivity contribution in [3.8, 4) is 6.07 Å². The van der Waals surface area contributed by atoms with Crippen molar-refractivity contribution in [3.63, 3.8) is 0 Å². The second-order valence-electron chi connectivity index (χ2n) is 8.25. The summed E-state index contributed by atoms with van der Waals surface area (Å²) in [5.74, 6) is 1.02. The maximum absolute atomic E-state index is 12.9. The molecule has 0 aliphatic heterocycles. The van der Waals surface area contributed by atoms with Crippen LogP contribution in [0.25, 0.3) is 11.0 Å². The molecule has 3 heterocycles. The third-order valence-electron chi connectivity index (χ3n) is 6.32. The number of benzene rings is 1. The van der Waals surface area contributed by atoms with E-state index < -0.39 is 23.3 Å². The van der Waals surface area contributed by atoms with Gasteiger partial charge in [0.05, 0.1) is 11.6 Å². The van der Waals surface area contributed by atoms with E-state index in [0.717, 1.165) is 25.0 Å². The van der Waals surface area contributed by atoms with Crippen LogP contribution in [0.2, 0.25) is 0 Å². The molecule has 1 aromatic carbocycles. The minimum Gasteiger partial charge on any atom is -0.310 e. The van der Waals surface area contributed by atoms with E-state index in [4.69, 9.17) is 0 Å². The highest BCUT2D eigenvalue weighted by atomic mass is 19.4. The second kappa shape index (κ2) is 8.06. The highest BCUT2D eigenvalue weighted by molar-refractivity contribution is 5.80. The van der Waals surface area contributed by atoms with Crippen LogP contribution in [0.1, 0.15) is 66.1 Å². The van der Waals surface area contributed by atoms with Gasteiger partial charge >= 0.3 is 6.18 Å². The molecule has 0 amide bonds. The molecule has 0 spiro atoms. The van der Waals surface area contributed by atoms with Gasteiger partial charge in [-0.05, 0) is 43.5 Å². The van der Waals surface area contributed by atoms with Crippen molar-refractivity contribution < 1.29 is 13.2 Å². The minimum absolute atomic E-state index is 0.000875. The number of aromatic nitrogens is 6. The van der Waals surface area contributed by atoms with Gasteiger partial charge in [-0.25, -0.2) is 19.6 Å². The summed E-state index contributed by atoms with van der Waals surface area (Å²) in [4.78, 5) is 29.0. The van der Waals surface area contributed by atoms with Gasteiger partial charge < -0.3 is 4.98 Å². The predicted octanol–water partition coefficient (Wildman–Crippen LogP) is 4.07. The number of nitrogens with one attached hydrogen (secondary N) is 1. The summed E-state index contributed by atoms with van der Waals surface area (Å²) >= 11 is 0. The zero-order valence-electron chi connectivity index (χ0n) is 17.9. The van der Waals surface area contributed by atoms with Crippen LogP contribution in [-0.4, -0.2) is 29.7 Å². The van der Waals surface area contributed by atoms with Crippen LogP contribution in [0, 0.1) is 11.3 Å². The number of alkyl halides is 3. The number of halogens is 3. The first-order valence-corrected chi connectivity index (χ1v) is 10.6. The number of aromatic amines is 1. The Morgan fingerprint density at radius 3 is 2.41 bits per heavy atom. The normalized spacial score (nSPS) is 18.9. The minimum atomic E-state index is -4.44. The molecule has 8 nitrogen and oxygen atoms in total. The number of rotatable bonds is 4. The summed E-state index contributed by atoms with van der Waals surface area (Å²) < 4.78 is 40.3. The maximum Gasteiger partial charge on any atom is 0.416 e. The third-order valence-corrected chi connectivity index (χ3v) is 6.32. The van der Waals surface area contributed by atoms with Crippen LogP contribution in [0.5, 0.6) is 0 Å². The van der Waals surface area contributed by atoms with Crippen molar-refractivity contribution in [3.05, 3.63) is 81.5 Å². The van der Waals surface area contributed by atoms with Gasteiger partial charge in [0.15, 0.2) is 11.3 Å². The van der Waals surface area contributed by atoms with Crippen LogP contribution < -0.4 is 5.56 Å². The van der Waals surface area contributed by atoms with Gasteiger partial charge in [-0.3, -0.25) is 4.79 Å². The zero-order chi connectivity index (χ0) is 24.0. The molecular weight excluding hydrogens is 447 g/mol. The van der Waals surface area contributed by atoms with E-state index >= 15 is 0 Å². The molecule has 0 saturated heterocycles. The lowest BCUT2D eigenvalue weighted by atomic mass is 9.72. The molecule has 3 atom stereocenters. The molecule has 34 heavy (non-hydrogen) atoms. The van der Waals surface area contributed by atoms with Gasteiger partial charge in [0.2, 0.25) is 0 Å². The first-order valence-electron chi connectivity index (χ1n) is 10.6. The lowest BCUT2D eigenvalue weighted by molar-refractivity contribution is -0.137. The molecule has 1 aliphatic rings. The molecule has 0 bridgehead atoms. The Morgan fingerprint density at radius 1 is 1.15 bits per heavy atom. The van der Waals surface area contributed by atoms with Crippen molar-refractivity contribution in [2.45, 2.75) is 43.8 Å². The van der Waals surface area contributed by atoms with Crippen LogP contribution in [0.4, 0.5) is 13.2 Å². The van der Waals surface area contributed by atoms with Crippen molar-refractivity contribution in [2.24, 2.45) is 0 Å². The Morgan fingerprint density at radius 2 is 1.82 bits per heavy atom. The molecular formula is C23H18F3N7O. The lowest BCUT2D eigenvalue weighted by Crippen LogP contribution is -2.28. The van der Waals surface area contributed by atoms with E-state index in [2.05, 4.69) is 25.0 Å². The number of hydrogen-bond donors (Lipinski definition) is 1. The SMILES string of the molecule is CC(c1ccc(C(F)(F)F)cc1)n1nc(C#N)c2c(=O)[nH]c([C@@H]3CC[C@H]3c3ncccn3)nc21. The standard InChI is InChI=1S/C23H18F3N7O/c1-12(13-3-5-14(6-4-13)23(24,25)26)33-21-18(17(11-27)32-33)22(34)31-20(30-21)16-8-7-15(16)19-28-9-2-10-29-19/h2-6,9-10,12,15-16H,7-8H2,1H3,(H,30,31,34)/t12?,15-,16-/m1/s1. The van der Waals surface area contributed by atoms with Crippen molar-refractivity contribution in [2.75, 3.05) is 0 Å². The highest BCUT2D eigenvalue weighted by Gasteiger charge is 2.38. The summed E-state index contributed by atoms with van der Waals surface area (Å²) in [5.41, 5.74) is -0.595. The second-order valence-corrected chi connectivity index (χ2v) is 8.25. The average Bonchev–Trinajstić information content (AvgIpc) is 3.17. The molecule has 1 N–H and O–H groups in total. The van der Waals surface area contributed by atoms with Gasteiger partial charge in [-0.1, -0.05) is 12.1 Å². The van der Waals surface area contributed by atoms with Gasteiger partial charge in [-0.2, -0.15) is 23.5 Å². The van der Waals surface area contributed by atoms with Gasteiger partial charge in [0, 0.05) is 24.2 Å². The maximum atomic E-state index is 12.9. The van der Waals surface area contributed by atoms with E-state index in [1.54, 1.807) is 25.4 Å². The average molecular weight is 465 g/mol. The lowest BCUT2D eigenvalue weighted by Gasteiger charge is -2.34. The molecule has 5 rings (SSSR count). The fourth-order valence-corrected chi connectivity index (χ4v) is 4.32. The van der Waals surface area contributed by atoms with Crippen molar-refractivity contribution in [1.29, 1.82) is 5.26 Å². The van der Waals surface area contributed by atoms with E-state index in [1.807, 2.05) is 6.07 Å². The largest absolute Gasteiger partial charge is 0.416 e. The summed E-state index contributed by atoms with van der Waals surface area (Å²) in [6.45, 7) is 1.72. The first-order chi connectivity index (χ1) is 16.3. The van der Waals surface area contributed by atoms with Crippen LogP contribution >= 0.6 is 0 Å².